The molecular weight excluding hydrogens is 254 g/mol. The Hall–Kier alpha value is -1.36. The molecule has 1 saturated carbocycles. The van der Waals surface area contributed by atoms with Crippen molar-refractivity contribution in [2.45, 2.75) is 51.1 Å². The molecule has 5 nitrogen and oxygen atoms in total. The molecule has 5 heteroatoms. The molecule has 0 unspecified atom stereocenters. The summed E-state index contributed by atoms with van der Waals surface area (Å²) in [7, 11) is 5.60. The van der Waals surface area contributed by atoms with Gasteiger partial charge < -0.3 is 4.74 Å². The first-order valence-electron chi connectivity index (χ1n) is 7.39. The molecule has 1 aliphatic rings. The van der Waals surface area contributed by atoms with E-state index in [2.05, 4.69) is 10.00 Å². The van der Waals surface area contributed by atoms with Crippen molar-refractivity contribution < 1.29 is 9.53 Å². The summed E-state index contributed by atoms with van der Waals surface area (Å²) in [6, 6.07) is 0. The van der Waals surface area contributed by atoms with E-state index in [0.717, 1.165) is 25.7 Å². The fourth-order valence-electron chi connectivity index (χ4n) is 3.22. The summed E-state index contributed by atoms with van der Waals surface area (Å²) in [6.45, 7) is 2.67. The number of ketones is 1. The average Bonchev–Trinajstić information content (AvgIpc) is 2.89. The summed E-state index contributed by atoms with van der Waals surface area (Å²) < 4.78 is 7.09. The quantitative estimate of drug-likeness (QED) is 0.776. The topological polar surface area (TPSA) is 47.4 Å². The van der Waals surface area contributed by atoms with Gasteiger partial charge >= 0.3 is 0 Å². The number of carbonyl (C=O) groups excluding carboxylic acids is 1. The van der Waals surface area contributed by atoms with Crippen LogP contribution in [0.3, 0.4) is 0 Å². The van der Waals surface area contributed by atoms with E-state index in [1.807, 2.05) is 21.0 Å². The lowest BCUT2D eigenvalue weighted by Gasteiger charge is -2.41. The third-order valence-electron chi connectivity index (χ3n) is 4.50. The van der Waals surface area contributed by atoms with Crippen LogP contribution in [0.2, 0.25) is 0 Å². The number of aryl methyl sites for hydroxylation is 1. The molecule has 0 aliphatic heterocycles. The lowest BCUT2D eigenvalue weighted by molar-refractivity contribution is 0.0549. The van der Waals surface area contributed by atoms with Crippen LogP contribution in [0.25, 0.3) is 0 Å². The van der Waals surface area contributed by atoms with Gasteiger partial charge in [-0.25, -0.2) is 0 Å². The molecule has 0 N–H and O–H groups in total. The average molecular weight is 279 g/mol. The van der Waals surface area contributed by atoms with Gasteiger partial charge in [0.2, 0.25) is 5.78 Å². The van der Waals surface area contributed by atoms with Crippen LogP contribution in [0.15, 0.2) is 6.20 Å². The second kappa shape index (κ2) is 5.95. The van der Waals surface area contributed by atoms with E-state index in [9.17, 15) is 4.79 Å². The lowest BCUT2D eigenvalue weighted by atomic mass is 9.76. The van der Waals surface area contributed by atoms with Gasteiger partial charge in [0.1, 0.15) is 5.69 Å². The number of hydrogen-bond donors (Lipinski definition) is 0. The molecular formula is C15H25N3O2. The van der Waals surface area contributed by atoms with E-state index >= 15 is 0 Å². The lowest BCUT2D eigenvalue weighted by Crippen LogP contribution is -2.53. The van der Waals surface area contributed by atoms with Crippen molar-refractivity contribution in [3.05, 3.63) is 11.9 Å². The van der Waals surface area contributed by atoms with Crippen LogP contribution >= 0.6 is 0 Å². The maximum Gasteiger partial charge on any atom is 0.204 e. The number of carbonyl (C=O) groups is 1. The summed E-state index contributed by atoms with van der Waals surface area (Å²) >= 11 is 0. The van der Waals surface area contributed by atoms with Crippen molar-refractivity contribution in [1.82, 2.24) is 14.7 Å². The third-order valence-corrected chi connectivity index (χ3v) is 4.50. The minimum absolute atomic E-state index is 0.151. The molecule has 1 aromatic heterocycles. The summed E-state index contributed by atoms with van der Waals surface area (Å²) in [4.78, 5) is 15.3. The standard InChI is InChI=1S/C15H25N3O2/c1-5-18-13(12(20-4)11-16-18)14(19)15(17(2)3)9-7-6-8-10-15/h11H,5-10H2,1-4H3. The summed E-state index contributed by atoms with van der Waals surface area (Å²) in [5.41, 5.74) is 0.212. The van der Waals surface area contributed by atoms with Crippen LogP contribution in [0.4, 0.5) is 0 Å². The molecule has 0 bridgehead atoms. The molecule has 0 spiro atoms. The Morgan fingerprint density at radius 1 is 1.40 bits per heavy atom. The molecule has 0 saturated heterocycles. The Bertz CT molecular complexity index is 452. The van der Waals surface area contributed by atoms with Gasteiger partial charge in [0.25, 0.3) is 0 Å². The van der Waals surface area contributed by atoms with Gasteiger partial charge in [0, 0.05) is 6.54 Å². The molecule has 1 fully saturated rings. The minimum Gasteiger partial charge on any atom is -0.493 e. The highest BCUT2D eigenvalue weighted by molar-refractivity contribution is 6.04. The second-order valence-corrected chi connectivity index (χ2v) is 5.69. The highest BCUT2D eigenvalue weighted by Gasteiger charge is 2.44. The Balaban J connectivity index is 2.44. The van der Waals surface area contributed by atoms with Gasteiger partial charge in [-0.1, -0.05) is 19.3 Å². The molecule has 1 aliphatic carbocycles. The van der Waals surface area contributed by atoms with Crippen LogP contribution in [0, 0.1) is 0 Å². The van der Waals surface area contributed by atoms with Crippen molar-refractivity contribution in [2.24, 2.45) is 0 Å². The van der Waals surface area contributed by atoms with Crippen LogP contribution in [-0.2, 0) is 6.54 Å². The number of rotatable bonds is 5. The van der Waals surface area contributed by atoms with E-state index in [4.69, 9.17) is 4.74 Å². The first kappa shape index (κ1) is 15.0. The monoisotopic (exact) mass is 279 g/mol. The number of aromatic nitrogens is 2. The Morgan fingerprint density at radius 2 is 2.05 bits per heavy atom. The maximum atomic E-state index is 13.2. The number of ether oxygens (including phenoxy) is 1. The van der Waals surface area contributed by atoms with E-state index < -0.39 is 5.54 Å². The Kier molecular flexibility index (Phi) is 4.48. The van der Waals surface area contributed by atoms with Gasteiger partial charge in [0.05, 0.1) is 18.8 Å². The van der Waals surface area contributed by atoms with E-state index in [1.54, 1.807) is 18.0 Å². The predicted octanol–water partition coefficient (Wildman–Crippen LogP) is 2.36. The van der Waals surface area contributed by atoms with Crippen molar-refractivity contribution >= 4 is 5.78 Å². The zero-order valence-electron chi connectivity index (χ0n) is 13.0. The highest BCUT2D eigenvalue weighted by Crippen LogP contribution is 2.37. The fourth-order valence-corrected chi connectivity index (χ4v) is 3.22. The van der Waals surface area contributed by atoms with Crippen LogP contribution in [0.1, 0.15) is 49.5 Å². The predicted molar refractivity (Wildman–Crippen MR) is 78.3 cm³/mol. The van der Waals surface area contributed by atoms with Crippen molar-refractivity contribution in [2.75, 3.05) is 21.2 Å². The number of nitrogens with zero attached hydrogens (tertiary/aromatic N) is 3. The van der Waals surface area contributed by atoms with Crippen molar-refractivity contribution in [1.29, 1.82) is 0 Å². The van der Waals surface area contributed by atoms with Crippen molar-refractivity contribution in [3.63, 3.8) is 0 Å². The molecule has 112 valence electrons. The molecule has 0 aromatic carbocycles. The summed E-state index contributed by atoms with van der Waals surface area (Å²) in [6.07, 6.45) is 6.89. The number of likely N-dealkylation sites (N-methyl/N-ethyl adjacent to an activating group) is 1. The first-order valence-corrected chi connectivity index (χ1v) is 7.39. The van der Waals surface area contributed by atoms with Gasteiger partial charge in [-0.2, -0.15) is 5.10 Å². The summed E-state index contributed by atoms with van der Waals surface area (Å²) in [5, 5.41) is 4.26. The Morgan fingerprint density at radius 3 is 2.55 bits per heavy atom. The van der Waals surface area contributed by atoms with E-state index in [-0.39, 0.29) is 5.78 Å². The number of hydrogen-bond acceptors (Lipinski definition) is 4. The molecule has 0 amide bonds. The zero-order chi connectivity index (χ0) is 14.8. The highest BCUT2D eigenvalue weighted by atomic mass is 16.5. The van der Waals surface area contributed by atoms with Crippen molar-refractivity contribution in [3.8, 4) is 5.75 Å². The van der Waals surface area contributed by atoms with Crippen LogP contribution in [-0.4, -0.2) is 47.2 Å². The smallest absolute Gasteiger partial charge is 0.204 e. The van der Waals surface area contributed by atoms with Gasteiger partial charge in [-0.05, 0) is 33.9 Å². The van der Waals surface area contributed by atoms with Gasteiger partial charge in [0.15, 0.2) is 5.75 Å². The SMILES string of the molecule is CCn1ncc(OC)c1C(=O)C1(N(C)C)CCCCC1. The molecule has 0 atom stereocenters. The normalized spacial score (nSPS) is 18.2. The molecule has 1 aromatic rings. The first-order chi connectivity index (χ1) is 9.56. The van der Waals surface area contributed by atoms with Gasteiger partial charge in [-0.15, -0.1) is 0 Å². The van der Waals surface area contributed by atoms with Gasteiger partial charge in [-0.3, -0.25) is 14.4 Å². The second-order valence-electron chi connectivity index (χ2n) is 5.69. The fraction of sp³-hybridized carbons (Fsp3) is 0.733. The van der Waals surface area contributed by atoms with Crippen LogP contribution < -0.4 is 4.74 Å². The maximum absolute atomic E-state index is 13.2. The minimum atomic E-state index is -0.404. The molecule has 2 rings (SSSR count). The van der Waals surface area contributed by atoms with E-state index in [0.29, 0.717) is 18.0 Å². The molecule has 20 heavy (non-hydrogen) atoms. The van der Waals surface area contributed by atoms with E-state index in [1.165, 1.54) is 6.42 Å². The summed E-state index contributed by atoms with van der Waals surface area (Å²) in [5.74, 6) is 0.738. The molecule has 0 radical (unpaired) electrons. The zero-order valence-corrected chi connectivity index (χ0v) is 13.0. The number of Topliss-reactive ketones (excluding diaryl/α,β-unsaturated/α-hetero) is 1. The van der Waals surface area contributed by atoms with Crippen LogP contribution in [0.5, 0.6) is 5.75 Å². The third kappa shape index (κ3) is 2.35. The Labute approximate surface area is 120 Å². The molecule has 1 heterocycles. The largest absolute Gasteiger partial charge is 0.493 e. The number of methoxy groups -OCH3 is 1.